The summed E-state index contributed by atoms with van der Waals surface area (Å²) < 4.78 is 5.27. The Balaban J connectivity index is 1.60. The van der Waals surface area contributed by atoms with Gasteiger partial charge in [-0.15, -0.1) is 11.3 Å². The molecule has 1 N–H and O–H groups in total. The Bertz CT molecular complexity index is 1020. The molecule has 1 amide bonds. The molecule has 2 aromatic carbocycles. The molecule has 150 valence electrons. The van der Waals surface area contributed by atoms with Gasteiger partial charge in [-0.05, 0) is 31.5 Å². The second-order valence-electron chi connectivity index (χ2n) is 6.35. The van der Waals surface area contributed by atoms with Crippen molar-refractivity contribution in [3.05, 3.63) is 75.2 Å². The summed E-state index contributed by atoms with van der Waals surface area (Å²) in [7, 11) is 0. The molecule has 0 aliphatic carbocycles. The summed E-state index contributed by atoms with van der Waals surface area (Å²) in [6, 6.07) is 14.2. The first-order valence-electron chi connectivity index (χ1n) is 8.82. The zero-order valence-electron chi connectivity index (χ0n) is 15.7. The normalized spacial score (nSPS) is 12.8. The molecular formula is C21H18Cl2N2O3S. The number of carbonyl (C=O) groups is 2. The van der Waals surface area contributed by atoms with E-state index in [9.17, 15) is 9.59 Å². The molecule has 2 unspecified atom stereocenters. The summed E-state index contributed by atoms with van der Waals surface area (Å²) in [5, 5.41) is 6.07. The molecule has 2 atom stereocenters. The number of aromatic nitrogens is 1. The van der Waals surface area contributed by atoms with Gasteiger partial charge in [0.2, 0.25) is 0 Å². The van der Waals surface area contributed by atoms with E-state index in [4.69, 9.17) is 27.9 Å². The zero-order valence-corrected chi connectivity index (χ0v) is 18.0. The van der Waals surface area contributed by atoms with Gasteiger partial charge >= 0.3 is 5.97 Å². The number of benzene rings is 2. The number of hydrogen-bond acceptors (Lipinski definition) is 5. The second kappa shape index (κ2) is 9.39. The van der Waals surface area contributed by atoms with E-state index in [1.54, 1.807) is 30.5 Å². The standard InChI is InChI=1S/C21H18Cl2N2O3S/c1-12(16-9-8-15(22)10-17(16)23)24-19(26)13(2)28-21(27)18-11-29-20(25-18)14-6-4-3-5-7-14/h3-13H,1-2H3,(H,24,26). The minimum absolute atomic E-state index is 0.169. The molecule has 0 aliphatic heterocycles. The van der Waals surface area contributed by atoms with Gasteiger partial charge in [0.25, 0.3) is 5.91 Å². The highest BCUT2D eigenvalue weighted by Gasteiger charge is 2.23. The van der Waals surface area contributed by atoms with Crippen molar-refractivity contribution in [1.29, 1.82) is 0 Å². The van der Waals surface area contributed by atoms with Gasteiger partial charge in [-0.1, -0.05) is 59.6 Å². The average Bonchev–Trinajstić information content (AvgIpc) is 3.19. The number of nitrogens with one attached hydrogen (secondary N) is 1. The Hall–Kier alpha value is -2.41. The van der Waals surface area contributed by atoms with Crippen molar-refractivity contribution in [1.82, 2.24) is 10.3 Å². The van der Waals surface area contributed by atoms with Crippen LogP contribution in [0.5, 0.6) is 0 Å². The number of carbonyl (C=O) groups excluding carboxylic acids is 2. The van der Waals surface area contributed by atoms with Crippen LogP contribution in [0.2, 0.25) is 10.0 Å². The van der Waals surface area contributed by atoms with E-state index in [0.29, 0.717) is 15.1 Å². The van der Waals surface area contributed by atoms with Crippen molar-refractivity contribution in [2.75, 3.05) is 0 Å². The smallest absolute Gasteiger partial charge is 0.358 e. The van der Waals surface area contributed by atoms with Gasteiger partial charge in [0.1, 0.15) is 5.01 Å². The highest BCUT2D eigenvalue weighted by Crippen LogP contribution is 2.26. The van der Waals surface area contributed by atoms with Gasteiger partial charge < -0.3 is 10.1 Å². The van der Waals surface area contributed by atoms with Crippen molar-refractivity contribution < 1.29 is 14.3 Å². The first-order chi connectivity index (χ1) is 13.8. The highest BCUT2D eigenvalue weighted by atomic mass is 35.5. The van der Waals surface area contributed by atoms with Crippen LogP contribution in [0.25, 0.3) is 10.6 Å². The molecule has 5 nitrogen and oxygen atoms in total. The maximum atomic E-state index is 12.4. The lowest BCUT2D eigenvalue weighted by atomic mass is 10.1. The summed E-state index contributed by atoms with van der Waals surface area (Å²) in [5.74, 6) is -1.08. The van der Waals surface area contributed by atoms with Gasteiger partial charge in [0.15, 0.2) is 11.8 Å². The molecule has 0 radical (unpaired) electrons. The van der Waals surface area contributed by atoms with E-state index < -0.39 is 18.0 Å². The summed E-state index contributed by atoms with van der Waals surface area (Å²) in [5.41, 5.74) is 1.80. The fourth-order valence-electron chi connectivity index (χ4n) is 2.62. The molecule has 0 fully saturated rings. The number of hydrogen-bond donors (Lipinski definition) is 1. The molecule has 0 bridgehead atoms. The number of amides is 1. The Kier molecular flexibility index (Phi) is 6.90. The SMILES string of the molecule is CC(OC(=O)c1csc(-c2ccccc2)n1)C(=O)NC(C)c1ccc(Cl)cc1Cl. The van der Waals surface area contributed by atoms with Crippen LogP contribution in [0, 0.1) is 0 Å². The minimum Gasteiger partial charge on any atom is -0.448 e. The van der Waals surface area contributed by atoms with Crippen LogP contribution in [-0.2, 0) is 9.53 Å². The van der Waals surface area contributed by atoms with Crippen LogP contribution in [0.3, 0.4) is 0 Å². The monoisotopic (exact) mass is 448 g/mol. The van der Waals surface area contributed by atoms with Crippen molar-refractivity contribution in [3.8, 4) is 10.6 Å². The largest absolute Gasteiger partial charge is 0.448 e. The fourth-order valence-corrected chi connectivity index (χ4v) is 3.98. The third-order valence-electron chi connectivity index (χ3n) is 4.17. The van der Waals surface area contributed by atoms with E-state index in [2.05, 4.69) is 10.3 Å². The molecule has 0 saturated heterocycles. The lowest BCUT2D eigenvalue weighted by Gasteiger charge is -2.19. The van der Waals surface area contributed by atoms with Crippen molar-refractivity contribution in [3.63, 3.8) is 0 Å². The molecule has 1 heterocycles. The number of halogens is 2. The molecule has 3 aromatic rings. The first kappa shape index (κ1) is 21.3. The summed E-state index contributed by atoms with van der Waals surface area (Å²) in [6.07, 6.45) is -0.988. The van der Waals surface area contributed by atoms with E-state index >= 15 is 0 Å². The summed E-state index contributed by atoms with van der Waals surface area (Å²) in [6.45, 7) is 3.29. The number of nitrogens with zero attached hydrogens (tertiary/aromatic N) is 1. The van der Waals surface area contributed by atoms with Crippen molar-refractivity contribution >= 4 is 46.4 Å². The molecule has 0 aliphatic rings. The number of rotatable bonds is 6. The first-order valence-corrected chi connectivity index (χ1v) is 10.5. The topological polar surface area (TPSA) is 68.3 Å². The minimum atomic E-state index is -0.988. The molecule has 3 rings (SSSR count). The summed E-state index contributed by atoms with van der Waals surface area (Å²) >= 11 is 13.4. The molecule has 0 spiro atoms. The molecule has 8 heteroatoms. The third kappa shape index (κ3) is 5.35. The Labute approximate surface area is 182 Å². The molecule has 1 aromatic heterocycles. The van der Waals surface area contributed by atoms with Gasteiger partial charge in [-0.3, -0.25) is 4.79 Å². The maximum Gasteiger partial charge on any atom is 0.358 e. The van der Waals surface area contributed by atoms with Gasteiger partial charge in [-0.2, -0.15) is 0 Å². The average molecular weight is 449 g/mol. The number of thiazole rings is 1. The summed E-state index contributed by atoms with van der Waals surface area (Å²) in [4.78, 5) is 29.1. The van der Waals surface area contributed by atoms with Crippen LogP contribution < -0.4 is 5.32 Å². The fraction of sp³-hybridized carbons (Fsp3) is 0.190. The second-order valence-corrected chi connectivity index (χ2v) is 8.05. The molecular weight excluding hydrogens is 431 g/mol. The predicted octanol–water partition coefficient (Wildman–Crippen LogP) is 5.54. The Morgan fingerprint density at radius 1 is 1.10 bits per heavy atom. The van der Waals surface area contributed by atoms with E-state index in [-0.39, 0.29) is 11.7 Å². The number of esters is 1. The lowest BCUT2D eigenvalue weighted by Crippen LogP contribution is -2.37. The van der Waals surface area contributed by atoms with Gasteiger partial charge in [0, 0.05) is 21.0 Å². The Morgan fingerprint density at radius 2 is 1.83 bits per heavy atom. The van der Waals surface area contributed by atoms with E-state index in [1.807, 2.05) is 30.3 Å². The van der Waals surface area contributed by atoms with Crippen molar-refractivity contribution in [2.45, 2.75) is 26.0 Å². The quantitative estimate of drug-likeness (QED) is 0.502. The van der Waals surface area contributed by atoms with Gasteiger partial charge in [-0.25, -0.2) is 9.78 Å². The van der Waals surface area contributed by atoms with E-state index in [1.165, 1.54) is 18.3 Å². The maximum absolute atomic E-state index is 12.4. The van der Waals surface area contributed by atoms with Crippen LogP contribution in [-0.4, -0.2) is 23.0 Å². The molecule has 0 saturated carbocycles. The van der Waals surface area contributed by atoms with Gasteiger partial charge in [0.05, 0.1) is 6.04 Å². The highest BCUT2D eigenvalue weighted by molar-refractivity contribution is 7.13. The third-order valence-corrected chi connectivity index (χ3v) is 5.63. The Morgan fingerprint density at radius 3 is 2.52 bits per heavy atom. The molecule has 29 heavy (non-hydrogen) atoms. The van der Waals surface area contributed by atoms with Crippen LogP contribution in [0.1, 0.15) is 35.9 Å². The predicted molar refractivity (Wildman–Crippen MR) is 115 cm³/mol. The van der Waals surface area contributed by atoms with Crippen molar-refractivity contribution in [2.24, 2.45) is 0 Å². The number of ether oxygens (including phenoxy) is 1. The zero-order chi connectivity index (χ0) is 21.0. The van der Waals surface area contributed by atoms with Crippen LogP contribution in [0.4, 0.5) is 0 Å². The van der Waals surface area contributed by atoms with Crippen LogP contribution >= 0.6 is 34.5 Å². The van der Waals surface area contributed by atoms with Crippen LogP contribution in [0.15, 0.2) is 53.9 Å². The van der Waals surface area contributed by atoms with E-state index in [0.717, 1.165) is 11.1 Å². The lowest BCUT2D eigenvalue weighted by molar-refractivity contribution is -0.129.